The van der Waals surface area contributed by atoms with Crippen LogP contribution in [0.1, 0.15) is 86.4 Å². The van der Waals surface area contributed by atoms with Crippen molar-refractivity contribution in [2.45, 2.75) is 71.8 Å². The largest absolute Gasteiger partial charge is 0.494 e. The molecule has 2 aromatic carbocycles. The Balaban J connectivity index is 1.83. The van der Waals surface area contributed by atoms with Crippen molar-refractivity contribution in [2.24, 2.45) is 0 Å². The van der Waals surface area contributed by atoms with E-state index in [1.165, 1.54) is 19.3 Å². The molecule has 1 atom stereocenters. The van der Waals surface area contributed by atoms with Gasteiger partial charge in [-0.05, 0) is 68.3 Å². The first-order valence-electron chi connectivity index (χ1n) is 11.7. The molecular formula is C27H34O6. The van der Waals surface area contributed by atoms with Crippen molar-refractivity contribution in [2.75, 3.05) is 6.61 Å². The first-order valence-corrected chi connectivity index (χ1v) is 11.7. The van der Waals surface area contributed by atoms with Crippen molar-refractivity contribution in [3.63, 3.8) is 0 Å². The van der Waals surface area contributed by atoms with Gasteiger partial charge in [0.25, 0.3) is 0 Å². The highest BCUT2D eigenvalue weighted by atomic mass is 16.5. The van der Waals surface area contributed by atoms with Gasteiger partial charge in [-0.15, -0.1) is 0 Å². The Morgan fingerprint density at radius 2 is 1.36 bits per heavy atom. The first-order chi connectivity index (χ1) is 15.9. The Kier molecular flexibility index (Phi) is 11.1. The number of esters is 2. The molecule has 2 aromatic rings. The monoisotopic (exact) mass is 454 g/mol. The van der Waals surface area contributed by atoms with E-state index in [1.807, 2.05) is 6.92 Å². The molecule has 0 aromatic heterocycles. The standard InChI is InChI=1S/C27H34O6/c1-4-6-7-8-9-19-31-23-15-13-22(14-16-23)27(30)33-24-17-11-21(12-18-24)26(29)20(3)32-25(28)10-5-2/h11-18,20H,4-10,19H2,1-3H3. The Hall–Kier alpha value is -3.15. The average Bonchev–Trinajstić information content (AvgIpc) is 2.81. The van der Waals surface area contributed by atoms with Crippen LogP contribution in [-0.4, -0.2) is 30.4 Å². The number of hydrogen-bond donors (Lipinski definition) is 0. The van der Waals surface area contributed by atoms with Crippen molar-refractivity contribution in [1.29, 1.82) is 0 Å². The minimum Gasteiger partial charge on any atom is -0.494 e. The number of rotatable bonds is 14. The van der Waals surface area contributed by atoms with Crippen LogP contribution < -0.4 is 9.47 Å². The second-order valence-electron chi connectivity index (χ2n) is 7.95. The molecule has 0 aliphatic carbocycles. The molecule has 0 aliphatic rings. The number of hydrogen-bond acceptors (Lipinski definition) is 6. The molecule has 33 heavy (non-hydrogen) atoms. The van der Waals surface area contributed by atoms with Crippen LogP contribution in [0.3, 0.4) is 0 Å². The lowest BCUT2D eigenvalue weighted by molar-refractivity contribution is -0.146. The van der Waals surface area contributed by atoms with E-state index in [-0.39, 0.29) is 12.2 Å². The van der Waals surface area contributed by atoms with E-state index in [1.54, 1.807) is 55.5 Å². The molecule has 0 bridgehead atoms. The maximum absolute atomic E-state index is 12.4. The van der Waals surface area contributed by atoms with Crippen LogP contribution in [0.5, 0.6) is 11.5 Å². The zero-order valence-corrected chi connectivity index (χ0v) is 19.8. The van der Waals surface area contributed by atoms with Gasteiger partial charge < -0.3 is 14.2 Å². The lowest BCUT2D eigenvalue weighted by Gasteiger charge is -2.12. The smallest absolute Gasteiger partial charge is 0.343 e. The average molecular weight is 455 g/mol. The summed E-state index contributed by atoms with van der Waals surface area (Å²) < 4.78 is 16.2. The SMILES string of the molecule is CCCCCCCOc1ccc(C(=O)Oc2ccc(C(=O)C(C)OC(=O)CCC)cc2)cc1. The summed E-state index contributed by atoms with van der Waals surface area (Å²) >= 11 is 0. The summed E-state index contributed by atoms with van der Waals surface area (Å²) in [5.74, 6) is -0.161. The fourth-order valence-corrected chi connectivity index (χ4v) is 3.18. The van der Waals surface area contributed by atoms with Crippen molar-refractivity contribution in [3.8, 4) is 11.5 Å². The molecule has 1 unspecified atom stereocenters. The van der Waals surface area contributed by atoms with E-state index >= 15 is 0 Å². The molecule has 0 amide bonds. The molecule has 0 radical (unpaired) electrons. The third-order valence-corrected chi connectivity index (χ3v) is 5.09. The van der Waals surface area contributed by atoms with Crippen molar-refractivity contribution >= 4 is 17.7 Å². The summed E-state index contributed by atoms with van der Waals surface area (Å²) in [6.45, 7) is 6.26. The van der Waals surface area contributed by atoms with Gasteiger partial charge in [0.2, 0.25) is 5.78 Å². The van der Waals surface area contributed by atoms with Gasteiger partial charge in [0.1, 0.15) is 11.5 Å². The van der Waals surface area contributed by atoms with Crippen LogP contribution in [0.15, 0.2) is 48.5 Å². The van der Waals surface area contributed by atoms with Gasteiger partial charge in [-0.3, -0.25) is 9.59 Å². The van der Waals surface area contributed by atoms with E-state index in [2.05, 4.69) is 6.92 Å². The van der Waals surface area contributed by atoms with Crippen molar-refractivity contribution < 1.29 is 28.6 Å². The van der Waals surface area contributed by atoms with Gasteiger partial charge in [-0.1, -0.05) is 39.5 Å². The maximum Gasteiger partial charge on any atom is 0.343 e. The number of carbonyl (C=O) groups excluding carboxylic acids is 3. The van der Waals surface area contributed by atoms with Crippen molar-refractivity contribution in [3.05, 3.63) is 59.7 Å². The minimum absolute atomic E-state index is 0.276. The zero-order chi connectivity index (χ0) is 24.1. The van der Waals surface area contributed by atoms with E-state index in [0.717, 1.165) is 18.6 Å². The zero-order valence-electron chi connectivity index (χ0n) is 19.8. The van der Waals surface area contributed by atoms with Gasteiger partial charge in [0.15, 0.2) is 6.10 Å². The van der Waals surface area contributed by atoms with Crippen LogP contribution in [0.2, 0.25) is 0 Å². The van der Waals surface area contributed by atoms with Crippen LogP contribution in [-0.2, 0) is 9.53 Å². The van der Waals surface area contributed by atoms with Crippen LogP contribution in [0, 0.1) is 0 Å². The van der Waals surface area contributed by atoms with Crippen LogP contribution >= 0.6 is 0 Å². The van der Waals surface area contributed by atoms with Gasteiger partial charge in [0.05, 0.1) is 12.2 Å². The predicted molar refractivity (Wildman–Crippen MR) is 127 cm³/mol. The predicted octanol–water partition coefficient (Wildman–Crippen LogP) is 6.17. The van der Waals surface area contributed by atoms with E-state index in [4.69, 9.17) is 14.2 Å². The molecular weight excluding hydrogens is 420 g/mol. The molecule has 2 rings (SSSR count). The highest BCUT2D eigenvalue weighted by Gasteiger charge is 2.19. The van der Waals surface area contributed by atoms with Gasteiger partial charge in [0, 0.05) is 12.0 Å². The number of unbranched alkanes of at least 4 members (excludes halogenated alkanes) is 4. The third kappa shape index (κ3) is 9.08. The summed E-state index contributed by atoms with van der Waals surface area (Å²) in [7, 11) is 0. The Labute approximate surface area is 196 Å². The van der Waals surface area contributed by atoms with Gasteiger partial charge >= 0.3 is 11.9 Å². The normalized spacial score (nSPS) is 11.5. The molecule has 0 heterocycles. The summed E-state index contributed by atoms with van der Waals surface area (Å²) in [4.78, 5) is 36.4. The molecule has 0 spiro atoms. The topological polar surface area (TPSA) is 78.9 Å². The summed E-state index contributed by atoms with van der Waals surface area (Å²) in [5, 5.41) is 0. The summed E-state index contributed by atoms with van der Waals surface area (Å²) in [5.41, 5.74) is 0.782. The lowest BCUT2D eigenvalue weighted by Crippen LogP contribution is -2.24. The second-order valence-corrected chi connectivity index (χ2v) is 7.95. The highest BCUT2D eigenvalue weighted by molar-refractivity contribution is 6.00. The summed E-state index contributed by atoms with van der Waals surface area (Å²) in [6.07, 6.45) is 5.95. The van der Waals surface area contributed by atoms with Gasteiger partial charge in [-0.2, -0.15) is 0 Å². The Morgan fingerprint density at radius 1 is 0.758 bits per heavy atom. The molecule has 0 saturated carbocycles. The molecule has 6 nitrogen and oxygen atoms in total. The fraction of sp³-hybridized carbons (Fsp3) is 0.444. The Bertz CT molecular complexity index is 886. The number of carbonyl (C=O) groups is 3. The van der Waals surface area contributed by atoms with E-state index < -0.39 is 18.0 Å². The molecule has 0 N–H and O–H groups in total. The Morgan fingerprint density at radius 3 is 2.00 bits per heavy atom. The van der Waals surface area contributed by atoms with Crippen LogP contribution in [0.4, 0.5) is 0 Å². The first kappa shape index (κ1) is 26.1. The van der Waals surface area contributed by atoms with Crippen molar-refractivity contribution in [1.82, 2.24) is 0 Å². The number of Topliss-reactive ketones (excluding diaryl/α,β-unsaturated/α-hetero) is 1. The molecule has 0 fully saturated rings. The van der Waals surface area contributed by atoms with E-state index in [9.17, 15) is 14.4 Å². The van der Waals surface area contributed by atoms with E-state index in [0.29, 0.717) is 29.9 Å². The number of ketones is 1. The lowest BCUT2D eigenvalue weighted by atomic mass is 10.1. The molecule has 0 saturated heterocycles. The number of ether oxygens (including phenoxy) is 3. The molecule has 0 aliphatic heterocycles. The summed E-state index contributed by atoms with van der Waals surface area (Å²) in [6, 6.07) is 13.0. The fourth-order valence-electron chi connectivity index (χ4n) is 3.18. The second kappa shape index (κ2) is 14.1. The molecule has 178 valence electrons. The number of benzene rings is 2. The molecule has 6 heteroatoms. The maximum atomic E-state index is 12.4. The van der Waals surface area contributed by atoms with Crippen LogP contribution in [0.25, 0.3) is 0 Å². The highest BCUT2D eigenvalue weighted by Crippen LogP contribution is 2.18. The quantitative estimate of drug-likeness (QED) is 0.147. The third-order valence-electron chi connectivity index (χ3n) is 5.09. The van der Waals surface area contributed by atoms with Gasteiger partial charge in [-0.25, -0.2) is 4.79 Å². The minimum atomic E-state index is -0.866.